The number of aryl methyl sites for hydroxylation is 1. The average molecular weight is 349 g/mol. The predicted octanol–water partition coefficient (Wildman–Crippen LogP) is 1.92. The summed E-state index contributed by atoms with van der Waals surface area (Å²) in [7, 11) is 0. The highest BCUT2D eigenvalue weighted by molar-refractivity contribution is 6.22. The number of amides is 1. The summed E-state index contributed by atoms with van der Waals surface area (Å²) in [6, 6.07) is 4.07. The summed E-state index contributed by atoms with van der Waals surface area (Å²) in [5.74, 6) is -1.000. The molecule has 1 aromatic heterocycles. The third kappa shape index (κ3) is 3.10. The standard InChI is InChI=1S/C15H13F2N5O3/c1-7-11(6-23)14(24)22(21-7)9-3-4-12(25-15(16)17)10(5-9)13-18-8(2)19-20-13/h3-6,11,15H,1-2H3,(H,18,19,20). The number of hydrogen-bond donors (Lipinski definition) is 1. The average Bonchev–Trinajstić information content (AvgIpc) is 3.10. The van der Waals surface area contributed by atoms with Gasteiger partial charge in [0, 0.05) is 0 Å². The Balaban J connectivity index is 2.06. The largest absolute Gasteiger partial charge is 0.434 e. The molecule has 0 aliphatic carbocycles. The van der Waals surface area contributed by atoms with Crippen molar-refractivity contribution in [1.29, 1.82) is 0 Å². The number of hydrazone groups is 1. The SMILES string of the molecule is CC1=NN(c2ccc(OC(F)F)c(-c3n[nH]c(C)n3)c2)C(=O)C1C=O. The Bertz CT molecular complexity index is 865. The maximum atomic E-state index is 12.6. The number of benzene rings is 1. The second kappa shape index (κ2) is 6.38. The number of alkyl halides is 2. The van der Waals surface area contributed by atoms with E-state index in [1.54, 1.807) is 13.8 Å². The van der Waals surface area contributed by atoms with Crippen molar-refractivity contribution in [2.24, 2.45) is 11.0 Å². The van der Waals surface area contributed by atoms with Gasteiger partial charge in [0.1, 0.15) is 23.8 Å². The van der Waals surface area contributed by atoms with Crippen molar-refractivity contribution in [2.45, 2.75) is 20.5 Å². The summed E-state index contributed by atoms with van der Waals surface area (Å²) < 4.78 is 29.8. The van der Waals surface area contributed by atoms with E-state index in [0.717, 1.165) is 5.01 Å². The fraction of sp³-hybridized carbons (Fsp3) is 0.267. The summed E-state index contributed by atoms with van der Waals surface area (Å²) in [6.45, 7) is 0.184. The minimum Gasteiger partial charge on any atom is -0.434 e. The molecule has 0 saturated heterocycles. The number of carbonyl (C=O) groups excluding carboxylic acids is 2. The Morgan fingerprint density at radius 3 is 2.68 bits per heavy atom. The van der Waals surface area contributed by atoms with Gasteiger partial charge in [0.2, 0.25) is 0 Å². The third-order valence-corrected chi connectivity index (χ3v) is 3.58. The third-order valence-electron chi connectivity index (χ3n) is 3.58. The van der Waals surface area contributed by atoms with E-state index in [2.05, 4.69) is 25.0 Å². The molecule has 0 fully saturated rings. The molecule has 130 valence electrons. The van der Waals surface area contributed by atoms with Crippen molar-refractivity contribution >= 4 is 23.6 Å². The number of hydrogen-bond acceptors (Lipinski definition) is 6. The Kier molecular flexibility index (Phi) is 4.26. The first-order valence-corrected chi connectivity index (χ1v) is 7.23. The number of nitrogens with zero attached hydrogens (tertiary/aromatic N) is 4. The van der Waals surface area contributed by atoms with Crippen LogP contribution in [0.3, 0.4) is 0 Å². The second-order valence-corrected chi connectivity index (χ2v) is 5.31. The normalized spacial score (nSPS) is 17.2. The van der Waals surface area contributed by atoms with E-state index in [9.17, 15) is 18.4 Å². The number of rotatable bonds is 5. The monoisotopic (exact) mass is 349 g/mol. The van der Waals surface area contributed by atoms with Crippen LogP contribution in [0.15, 0.2) is 23.3 Å². The lowest BCUT2D eigenvalue weighted by Gasteiger charge is -2.15. The van der Waals surface area contributed by atoms with Gasteiger partial charge in [-0.15, -0.1) is 0 Å². The van der Waals surface area contributed by atoms with Crippen LogP contribution in [-0.4, -0.2) is 39.7 Å². The number of aromatic amines is 1. The number of anilines is 1. The van der Waals surface area contributed by atoms with Crippen molar-refractivity contribution in [3.63, 3.8) is 0 Å². The lowest BCUT2D eigenvalue weighted by Crippen LogP contribution is -2.27. The quantitative estimate of drug-likeness (QED) is 0.656. The minimum atomic E-state index is -3.03. The number of aldehydes is 1. The molecule has 8 nitrogen and oxygen atoms in total. The molecule has 2 heterocycles. The van der Waals surface area contributed by atoms with E-state index in [4.69, 9.17) is 0 Å². The molecule has 0 bridgehead atoms. The van der Waals surface area contributed by atoms with Crippen LogP contribution in [-0.2, 0) is 9.59 Å². The maximum absolute atomic E-state index is 12.6. The Morgan fingerprint density at radius 1 is 1.36 bits per heavy atom. The fourth-order valence-corrected chi connectivity index (χ4v) is 2.41. The van der Waals surface area contributed by atoms with Crippen LogP contribution in [0.4, 0.5) is 14.5 Å². The molecule has 0 radical (unpaired) electrons. The van der Waals surface area contributed by atoms with Crippen molar-refractivity contribution < 1.29 is 23.1 Å². The molecule has 2 aromatic rings. The Hall–Kier alpha value is -3.17. The molecule has 3 rings (SSSR count). The van der Waals surface area contributed by atoms with Gasteiger partial charge in [-0.25, -0.2) is 4.98 Å². The van der Waals surface area contributed by atoms with Crippen molar-refractivity contribution in [1.82, 2.24) is 15.2 Å². The van der Waals surface area contributed by atoms with Crippen molar-refractivity contribution in [3.05, 3.63) is 24.0 Å². The number of nitrogens with one attached hydrogen (secondary N) is 1. The van der Waals surface area contributed by atoms with Crippen LogP contribution in [0.2, 0.25) is 0 Å². The number of carbonyl (C=O) groups is 2. The van der Waals surface area contributed by atoms with Gasteiger partial charge in [-0.2, -0.15) is 24.0 Å². The van der Waals surface area contributed by atoms with Gasteiger partial charge in [0.05, 0.1) is 17.0 Å². The molecule has 1 aliphatic rings. The smallest absolute Gasteiger partial charge is 0.387 e. The van der Waals surface area contributed by atoms with Gasteiger partial charge in [0.25, 0.3) is 5.91 Å². The van der Waals surface area contributed by atoms with Gasteiger partial charge in [0.15, 0.2) is 5.82 Å². The number of ether oxygens (including phenoxy) is 1. The summed E-state index contributed by atoms with van der Waals surface area (Å²) in [6.07, 6.45) is 0.509. The van der Waals surface area contributed by atoms with Crippen LogP contribution < -0.4 is 9.75 Å². The van der Waals surface area contributed by atoms with Crippen LogP contribution >= 0.6 is 0 Å². The molecule has 1 aliphatic heterocycles. The van der Waals surface area contributed by atoms with E-state index in [1.165, 1.54) is 18.2 Å². The lowest BCUT2D eigenvalue weighted by atomic mass is 10.1. The molecule has 25 heavy (non-hydrogen) atoms. The highest BCUT2D eigenvalue weighted by Gasteiger charge is 2.34. The second-order valence-electron chi connectivity index (χ2n) is 5.31. The molecule has 1 atom stereocenters. The zero-order valence-electron chi connectivity index (χ0n) is 13.2. The molecule has 1 unspecified atom stereocenters. The minimum absolute atomic E-state index is 0.134. The van der Waals surface area contributed by atoms with Gasteiger partial charge in [-0.1, -0.05) is 0 Å². The topological polar surface area (TPSA) is 101 Å². The van der Waals surface area contributed by atoms with Gasteiger partial charge < -0.3 is 9.53 Å². The number of aromatic nitrogens is 3. The van der Waals surface area contributed by atoms with E-state index in [1.807, 2.05) is 0 Å². The molecule has 1 N–H and O–H groups in total. The summed E-state index contributed by atoms with van der Waals surface area (Å²) in [4.78, 5) is 27.4. The highest BCUT2D eigenvalue weighted by atomic mass is 19.3. The molecule has 0 spiro atoms. The van der Waals surface area contributed by atoms with Crippen molar-refractivity contribution in [3.8, 4) is 17.1 Å². The zero-order valence-corrected chi connectivity index (χ0v) is 13.2. The summed E-state index contributed by atoms with van der Waals surface area (Å²) in [5.41, 5.74) is 0.799. The maximum Gasteiger partial charge on any atom is 0.387 e. The van der Waals surface area contributed by atoms with Gasteiger partial charge in [-0.3, -0.25) is 9.89 Å². The van der Waals surface area contributed by atoms with Crippen LogP contribution in [0.1, 0.15) is 12.7 Å². The fourth-order valence-electron chi connectivity index (χ4n) is 2.41. The molecular formula is C15H13F2N5O3. The Morgan fingerprint density at radius 2 is 2.12 bits per heavy atom. The van der Waals surface area contributed by atoms with Gasteiger partial charge >= 0.3 is 6.61 Å². The van der Waals surface area contributed by atoms with E-state index < -0.39 is 18.4 Å². The van der Waals surface area contributed by atoms with Crippen molar-refractivity contribution in [2.75, 3.05) is 5.01 Å². The van der Waals surface area contributed by atoms with Crippen LogP contribution in [0.25, 0.3) is 11.4 Å². The van der Waals surface area contributed by atoms with Crippen LogP contribution in [0, 0.1) is 12.8 Å². The van der Waals surface area contributed by atoms with E-state index in [-0.39, 0.29) is 22.8 Å². The highest BCUT2D eigenvalue weighted by Crippen LogP contribution is 2.34. The molecule has 1 amide bonds. The summed E-state index contributed by atoms with van der Waals surface area (Å²) in [5, 5.41) is 11.6. The van der Waals surface area contributed by atoms with E-state index >= 15 is 0 Å². The zero-order chi connectivity index (χ0) is 18.1. The molecule has 0 saturated carbocycles. The predicted molar refractivity (Wildman–Crippen MR) is 83.3 cm³/mol. The molecule has 10 heteroatoms. The first kappa shape index (κ1) is 16.7. The molecule has 1 aromatic carbocycles. The lowest BCUT2D eigenvalue weighted by molar-refractivity contribution is -0.123. The Labute approximate surface area is 140 Å². The first-order chi connectivity index (χ1) is 11.9. The van der Waals surface area contributed by atoms with Crippen LogP contribution in [0.5, 0.6) is 5.75 Å². The number of halogens is 2. The summed E-state index contributed by atoms with van der Waals surface area (Å²) >= 11 is 0. The number of H-pyrrole nitrogens is 1. The van der Waals surface area contributed by atoms with Gasteiger partial charge in [-0.05, 0) is 32.0 Å². The first-order valence-electron chi connectivity index (χ1n) is 7.23. The van der Waals surface area contributed by atoms with E-state index in [0.29, 0.717) is 17.8 Å². The molecular weight excluding hydrogens is 336 g/mol.